The molecule has 0 bridgehead atoms. The van der Waals surface area contributed by atoms with Gasteiger partial charge in [0, 0.05) is 25.5 Å². The van der Waals surface area contributed by atoms with E-state index in [1.165, 1.54) is 24.8 Å². The Labute approximate surface area is 127 Å². The lowest BCUT2D eigenvalue weighted by molar-refractivity contribution is 0.133. The minimum atomic E-state index is -0.0713. The summed E-state index contributed by atoms with van der Waals surface area (Å²) < 4.78 is 0. The van der Waals surface area contributed by atoms with Crippen molar-refractivity contribution in [2.24, 2.45) is 17.8 Å². The van der Waals surface area contributed by atoms with Crippen LogP contribution in [-0.4, -0.2) is 34.3 Å². The normalized spacial score (nSPS) is 27.7. The predicted octanol–water partition coefficient (Wildman–Crippen LogP) is 2.66. The first-order valence-electron chi connectivity index (χ1n) is 8.46. The lowest BCUT2D eigenvalue weighted by Gasteiger charge is -2.32. The molecule has 1 aliphatic carbocycles. The molecule has 1 aromatic rings. The largest absolute Gasteiger partial charge is 0.393 e. The molecule has 1 saturated heterocycles. The van der Waals surface area contributed by atoms with Crippen LogP contribution in [0.2, 0.25) is 0 Å². The van der Waals surface area contributed by atoms with E-state index in [-0.39, 0.29) is 6.10 Å². The second-order valence-electron chi connectivity index (χ2n) is 6.61. The third-order valence-electron chi connectivity index (χ3n) is 5.33. The van der Waals surface area contributed by atoms with E-state index in [0.717, 1.165) is 43.7 Å². The molecule has 0 amide bonds. The number of anilines is 1. The molecule has 4 nitrogen and oxygen atoms in total. The highest BCUT2D eigenvalue weighted by molar-refractivity contribution is 5.30. The summed E-state index contributed by atoms with van der Waals surface area (Å²) in [5.41, 5.74) is 1.20. The van der Waals surface area contributed by atoms with Crippen LogP contribution in [0.4, 0.5) is 5.95 Å². The maximum atomic E-state index is 9.95. The highest BCUT2D eigenvalue weighted by Crippen LogP contribution is 2.50. The molecular formula is C17H27N3O. The predicted molar refractivity (Wildman–Crippen MR) is 84.2 cm³/mol. The zero-order chi connectivity index (χ0) is 14.8. The van der Waals surface area contributed by atoms with Gasteiger partial charge in [0.05, 0.1) is 6.10 Å². The van der Waals surface area contributed by atoms with E-state index in [0.29, 0.717) is 5.92 Å². The monoisotopic (exact) mass is 289 g/mol. The van der Waals surface area contributed by atoms with Crippen molar-refractivity contribution in [2.45, 2.75) is 52.1 Å². The zero-order valence-electron chi connectivity index (χ0n) is 13.2. The summed E-state index contributed by atoms with van der Waals surface area (Å²) in [6, 6.07) is 0. The average Bonchev–Trinajstić information content (AvgIpc) is 3.35. The summed E-state index contributed by atoms with van der Waals surface area (Å²) in [6.07, 6.45) is 9.39. The molecular weight excluding hydrogens is 262 g/mol. The lowest BCUT2D eigenvalue weighted by Crippen LogP contribution is -2.35. The first-order valence-corrected chi connectivity index (χ1v) is 8.46. The number of aryl methyl sites for hydroxylation is 1. The smallest absolute Gasteiger partial charge is 0.225 e. The van der Waals surface area contributed by atoms with E-state index in [1.54, 1.807) is 0 Å². The summed E-state index contributed by atoms with van der Waals surface area (Å²) in [5, 5.41) is 9.95. The van der Waals surface area contributed by atoms with Gasteiger partial charge in [-0.3, -0.25) is 0 Å². The van der Waals surface area contributed by atoms with Gasteiger partial charge in [-0.2, -0.15) is 0 Å². The Morgan fingerprint density at radius 1 is 1.24 bits per heavy atom. The van der Waals surface area contributed by atoms with Crippen LogP contribution in [0.5, 0.6) is 0 Å². The van der Waals surface area contributed by atoms with E-state index in [4.69, 9.17) is 0 Å². The Bertz CT molecular complexity index is 454. The first-order chi connectivity index (χ1) is 10.2. The summed E-state index contributed by atoms with van der Waals surface area (Å²) in [4.78, 5) is 11.3. The highest BCUT2D eigenvalue weighted by Gasteiger charge is 2.46. The number of aromatic nitrogens is 2. The number of rotatable bonds is 5. The molecule has 1 aliphatic heterocycles. The van der Waals surface area contributed by atoms with Gasteiger partial charge in [0.15, 0.2) is 0 Å². The number of piperidine rings is 1. The van der Waals surface area contributed by atoms with E-state index in [2.05, 4.69) is 28.7 Å². The number of hydrogen-bond acceptors (Lipinski definition) is 4. The van der Waals surface area contributed by atoms with Crippen LogP contribution in [0, 0.1) is 17.8 Å². The van der Waals surface area contributed by atoms with E-state index in [1.807, 2.05) is 12.4 Å². The summed E-state index contributed by atoms with van der Waals surface area (Å²) in [7, 11) is 0. The van der Waals surface area contributed by atoms with Crippen LogP contribution >= 0.6 is 0 Å². The molecule has 1 N–H and O–H groups in total. The van der Waals surface area contributed by atoms with Crippen molar-refractivity contribution in [3.05, 3.63) is 18.0 Å². The van der Waals surface area contributed by atoms with Crippen molar-refractivity contribution < 1.29 is 5.11 Å². The fourth-order valence-electron chi connectivity index (χ4n) is 3.74. The Kier molecular flexibility index (Phi) is 4.43. The molecule has 0 unspecified atom stereocenters. The molecule has 0 spiro atoms. The number of aliphatic hydroxyl groups excluding tert-OH is 1. The number of nitrogens with zero attached hydrogens (tertiary/aromatic N) is 3. The summed E-state index contributed by atoms with van der Waals surface area (Å²) >= 11 is 0. The lowest BCUT2D eigenvalue weighted by atomic mass is 9.90. The van der Waals surface area contributed by atoms with Crippen LogP contribution in [0.15, 0.2) is 12.4 Å². The van der Waals surface area contributed by atoms with Gasteiger partial charge in [-0.1, -0.05) is 13.8 Å². The quantitative estimate of drug-likeness (QED) is 0.905. The van der Waals surface area contributed by atoms with Crippen molar-refractivity contribution in [3.63, 3.8) is 0 Å². The Hall–Kier alpha value is -1.16. The molecule has 21 heavy (non-hydrogen) atoms. The van der Waals surface area contributed by atoms with Crippen LogP contribution < -0.4 is 4.90 Å². The Morgan fingerprint density at radius 2 is 1.90 bits per heavy atom. The molecule has 116 valence electrons. The molecule has 1 saturated carbocycles. The SMILES string of the molecule is CCc1cnc(N2CCC([C@H]3C[C@H]3[C@H](O)CC)CC2)nc1. The fourth-order valence-corrected chi connectivity index (χ4v) is 3.74. The van der Waals surface area contributed by atoms with Gasteiger partial charge in [0.2, 0.25) is 5.95 Å². The maximum Gasteiger partial charge on any atom is 0.225 e. The van der Waals surface area contributed by atoms with Crippen molar-refractivity contribution in [2.75, 3.05) is 18.0 Å². The molecule has 3 atom stereocenters. The van der Waals surface area contributed by atoms with Crippen molar-refractivity contribution >= 4 is 5.95 Å². The van der Waals surface area contributed by atoms with Crippen molar-refractivity contribution in [3.8, 4) is 0 Å². The van der Waals surface area contributed by atoms with Gasteiger partial charge in [0.25, 0.3) is 0 Å². The molecule has 0 aromatic carbocycles. The van der Waals surface area contributed by atoms with Crippen LogP contribution in [0.1, 0.15) is 45.1 Å². The molecule has 4 heteroatoms. The minimum Gasteiger partial charge on any atom is -0.393 e. The molecule has 2 aliphatic rings. The maximum absolute atomic E-state index is 9.95. The van der Waals surface area contributed by atoms with Gasteiger partial charge in [-0.25, -0.2) is 9.97 Å². The van der Waals surface area contributed by atoms with Crippen LogP contribution in [-0.2, 0) is 6.42 Å². The summed E-state index contributed by atoms with van der Waals surface area (Å²) in [6.45, 7) is 6.32. The summed E-state index contributed by atoms with van der Waals surface area (Å²) in [5.74, 6) is 3.02. The minimum absolute atomic E-state index is 0.0713. The standard InChI is InChI=1S/C17H27N3O/c1-3-12-10-18-17(19-11-12)20-7-5-13(6-8-20)14-9-15(14)16(21)4-2/h10-11,13-16,21H,3-9H2,1-2H3/t14-,15-,16-/m1/s1. The second-order valence-corrected chi connectivity index (χ2v) is 6.61. The van der Waals surface area contributed by atoms with Crippen LogP contribution in [0.25, 0.3) is 0 Å². The van der Waals surface area contributed by atoms with E-state index in [9.17, 15) is 5.11 Å². The third-order valence-corrected chi connectivity index (χ3v) is 5.33. The molecule has 3 rings (SSSR count). The molecule has 1 aromatic heterocycles. The third kappa shape index (κ3) is 3.20. The van der Waals surface area contributed by atoms with Crippen LogP contribution in [0.3, 0.4) is 0 Å². The fraction of sp³-hybridized carbons (Fsp3) is 0.765. The highest BCUT2D eigenvalue weighted by atomic mass is 16.3. The van der Waals surface area contributed by atoms with Gasteiger partial charge in [-0.05, 0) is 55.4 Å². The Morgan fingerprint density at radius 3 is 2.48 bits per heavy atom. The zero-order valence-corrected chi connectivity index (χ0v) is 13.2. The number of aliphatic hydroxyl groups is 1. The van der Waals surface area contributed by atoms with E-state index >= 15 is 0 Å². The topological polar surface area (TPSA) is 49.2 Å². The van der Waals surface area contributed by atoms with Gasteiger partial charge < -0.3 is 10.0 Å². The molecule has 0 radical (unpaired) electrons. The Balaban J connectivity index is 1.51. The van der Waals surface area contributed by atoms with Crippen molar-refractivity contribution in [1.29, 1.82) is 0 Å². The second kappa shape index (κ2) is 6.30. The first kappa shape index (κ1) is 14.8. The van der Waals surface area contributed by atoms with Gasteiger partial charge in [0.1, 0.15) is 0 Å². The van der Waals surface area contributed by atoms with Gasteiger partial charge in [-0.15, -0.1) is 0 Å². The van der Waals surface area contributed by atoms with Gasteiger partial charge >= 0.3 is 0 Å². The van der Waals surface area contributed by atoms with Crippen molar-refractivity contribution in [1.82, 2.24) is 9.97 Å². The number of hydrogen-bond donors (Lipinski definition) is 1. The molecule has 2 fully saturated rings. The molecule has 2 heterocycles. The van der Waals surface area contributed by atoms with E-state index < -0.39 is 0 Å². The average molecular weight is 289 g/mol.